The van der Waals surface area contributed by atoms with E-state index < -0.39 is 79.9 Å². The van der Waals surface area contributed by atoms with Gasteiger partial charge in [-0.15, -0.1) is 0 Å². The normalized spacial score (nSPS) is 15.2. The van der Waals surface area contributed by atoms with Crippen molar-refractivity contribution in [1.82, 2.24) is 14.7 Å². The highest BCUT2D eigenvalue weighted by atomic mass is 31.2. The van der Waals surface area contributed by atoms with Crippen molar-refractivity contribution in [2.24, 2.45) is 16.2 Å². The SMILES string of the molecule is CN(CCC#N)C(=O)C(O)C(C)(C)COP(=O)(OCC(C)(C)C(O)C(=O)N(C)CCC#N)OCC(C)(C)C(O)C(=O)N(C)CCC#N. The molecule has 0 aliphatic carbocycles. The molecule has 3 unspecified atom stereocenters. The molecule has 0 heterocycles. The summed E-state index contributed by atoms with van der Waals surface area (Å²) >= 11 is 0. The van der Waals surface area contributed by atoms with Crippen molar-refractivity contribution < 1.29 is 47.8 Å². The number of nitriles is 3. The van der Waals surface area contributed by atoms with E-state index in [1.807, 2.05) is 18.2 Å². The number of phosphoric ester groups is 1. The van der Waals surface area contributed by atoms with Gasteiger partial charge in [0.1, 0.15) is 18.3 Å². The van der Waals surface area contributed by atoms with Crippen molar-refractivity contribution in [2.45, 2.75) is 79.1 Å². The van der Waals surface area contributed by atoms with Gasteiger partial charge in [-0.3, -0.25) is 28.0 Å². The van der Waals surface area contributed by atoms with Crippen molar-refractivity contribution in [1.29, 1.82) is 15.8 Å². The van der Waals surface area contributed by atoms with Gasteiger partial charge in [0.15, 0.2) is 0 Å². The Labute approximate surface area is 278 Å². The van der Waals surface area contributed by atoms with E-state index in [4.69, 9.17) is 29.4 Å². The molecular weight excluding hydrogens is 635 g/mol. The highest BCUT2D eigenvalue weighted by molar-refractivity contribution is 7.48. The number of aliphatic hydroxyl groups is 3. The van der Waals surface area contributed by atoms with Crippen LogP contribution in [0.5, 0.6) is 0 Å². The van der Waals surface area contributed by atoms with Crippen LogP contribution in [0.2, 0.25) is 0 Å². The van der Waals surface area contributed by atoms with E-state index in [2.05, 4.69) is 0 Å². The summed E-state index contributed by atoms with van der Waals surface area (Å²) < 4.78 is 30.9. The molecule has 0 radical (unpaired) electrons. The summed E-state index contributed by atoms with van der Waals surface area (Å²) in [5.41, 5.74) is -4.12. The van der Waals surface area contributed by atoms with E-state index >= 15 is 0 Å². The summed E-state index contributed by atoms with van der Waals surface area (Å²) in [5, 5.41) is 58.9. The minimum atomic E-state index is -4.68. The van der Waals surface area contributed by atoms with E-state index in [1.165, 1.54) is 77.4 Å². The second kappa shape index (κ2) is 19.0. The van der Waals surface area contributed by atoms with E-state index in [9.17, 15) is 34.3 Å². The third-order valence-corrected chi connectivity index (χ3v) is 8.85. The summed E-state index contributed by atoms with van der Waals surface area (Å²) in [6.07, 6.45) is -4.84. The first-order valence-electron chi connectivity index (χ1n) is 15.0. The zero-order valence-electron chi connectivity index (χ0n) is 28.9. The van der Waals surface area contributed by atoms with Crippen molar-refractivity contribution in [3.05, 3.63) is 0 Å². The Hall–Kier alpha value is -3.13. The monoisotopic (exact) mass is 686 g/mol. The molecule has 16 nitrogen and oxygen atoms in total. The molecule has 3 amide bonds. The molecule has 266 valence electrons. The second-order valence-electron chi connectivity index (χ2n) is 13.4. The van der Waals surface area contributed by atoms with Crippen LogP contribution >= 0.6 is 7.82 Å². The van der Waals surface area contributed by atoms with Crippen molar-refractivity contribution in [2.75, 3.05) is 60.6 Å². The van der Waals surface area contributed by atoms with Gasteiger partial charge in [-0.05, 0) is 0 Å². The molecule has 0 aromatic carbocycles. The van der Waals surface area contributed by atoms with Crippen molar-refractivity contribution in [3.8, 4) is 18.2 Å². The lowest BCUT2D eigenvalue weighted by molar-refractivity contribution is -0.147. The summed E-state index contributed by atoms with van der Waals surface area (Å²) in [5.74, 6) is -2.13. The molecule has 0 bridgehead atoms. The quantitative estimate of drug-likeness (QED) is 0.145. The van der Waals surface area contributed by atoms with Crippen LogP contribution in [0.4, 0.5) is 0 Å². The van der Waals surface area contributed by atoms with Crippen LogP contribution in [0.3, 0.4) is 0 Å². The molecule has 17 heteroatoms. The maximum atomic E-state index is 14.1. The van der Waals surface area contributed by atoms with Crippen LogP contribution in [0.1, 0.15) is 60.8 Å². The molecule has 0 aliphatic heterocycles. The van der Waals surface area contributed by atoms with Gasteiger partial charge < -0.3 is 30.0 Å². The molecule has 0 spiro atoms. The Bertz CT molecular complexity index is 1090. The first-order valence-corrected chi connectivity index (χ1v) is 16.4. The van der Waals surface area contributed by atoms with Gasteiger partial charge in [-0.1, -0.05) is 41.5 Å². The Balaban J connectivity index is 6.13. The zero-order valence-corrected chi connectivity index (χ0v) is 29.8. The molecule has 0 aromatic rings. The summed E-state index contributed by atoms with van der Waals surface area (Å²) in [6, 6.07) is 5.73. The first kappa shape index (κ1) is 43.9. The molecule has 0 saturated carbocycles. The van der Waals surface area contributed by atoms with E-state index in [0.717, 1.165) is 0 Å². The third kappa shape index (κ3) is 13.9. The van der Waals surface area contributed by atoms with E-state index in [1.54, 1.807) is 0 Å². The Morgan fingerprint density at radius 1 is 0.596 bits per heavy atom. The maximum Gasteiger partial charge on any atom is 0.474 e. The lowest BCUT2D eigenvalue weighted by atomic mass is 9.87. The minimum absolute atomic E-state index is 0.0410. The van der Waals surface area contributed by atoms with Crippen molar-refractivity contribution in [3.63, 3.8) is 0 Å². The Morgan fingerprint density at radius 3 is 1.00 bits per heavy atom. The van der Waals surface area contributed by atoms with Crippen LogP contribution in [0.15, 0.2) is 0 Å². The largest absolute Gasteiger partial charge is 0.474 e. The Kier molecular flexibility index (Phi) is 17.7. The molecule has 0 saturated heterocycles. The number of phosphoric acid groups is 1. The van der Waals surface area contributed by atoms with Crippen LogP contribution < -0.4 is 0 Å². The minimum Gasteiger partial charge on any atom is -0.383 e. The van der Waals surface area contributed by atoms with Gasteiger partial charge >= 0.3 is 7.82 Å². The molecule has 0 aromatic heterocycles. The van der Waals surface area contributed by atoms with Gasteiger partial charge in [0.2, 0.25) is 0 Å². The van der Waals surface area contributed by atoms with E-state index in [-0.39, 0.29) is 38.9 Å². The van der Waals surface area contributed by atoms with Crippen LogP contribution in [-0.4, -0.2) is 127 Å². The van der Waals surface area contributed by atoms with Gasteiger partial charge in [-0.2, -0.15) is 15.8 Å². The van der Waals surface area contributed by atoms with Gasteiger partial charge in [0.05, 0.1) is 57.3 Å². The zero-order chi connectivity index (χ0) is 36.8. The fourth-order valence-corrected chi connectivity index (χ4v) is 5.39. The molecule has 0 aliphatic rings. The smallest absolute Gasteiger partial charge is 0.383 e. The highest BCUT2D eigenvalue weighted by Crippen LogP contribution is 2.53. The molecule has 47 heavy (non-hydrogen) atoms. The first-order chi connectivity index (χ1) is 21.5. The number of hydrogen-bond donors (Lipinski definition) is 3. The number of likely N-dealkylation sites (N-methyl/N-ethyl adjacent to an activating group) is 3. The predicted octanol–water partition coefficient (Wildman–Crippen LogP) is 1.42. The average molecular weight is 687 g/mol. The fraction of sp³-hybridized carbons (Fsp3) is 0.800. The van der Waals surface area contributed by atoms with E-state index in [0.29, 0.717) is 0 Å². The summed E-state index contributed by atoms with van der Waals surface area (Å²) in [7, 11) is -0.442. The number of carbonyl (C=O) groups is 3. The molecule has 0 rings (SSSR count). The summed E-state index contributed by atoms with van der Waals surface area (Å²) in [4.78, 5) is 41.8. The molecule has 3 N–H and O–H groups in total. The van der Waals surface area contributed by atoms with Crippen LogP contribution in [0, 0.1) is 50.2 Å². The van der Waals surface area contributed by atoms with Gasteiger partial charge in [0.25, 0.3) is 17.7 Å². The predicted molar refractivity (Wildman–Crippen MR) is 168 cm³/mol. The topological polar surface area (TPSA) is 238 Å². The number of amides is 3. The fourth-order valence-electron chi connectivity index (χ4n) is 3.70. The second-order valence-corrected chi connectivity index (χ2v) is 15.1. The van der Waals surface area contributed by atoms with Crippen LogP contribution in [0.25, 0.3) is 0 Å². The number of hydrogen-bond acceptors (Lipinski definition) is 13. The average Bonchev–Trinajstić information content (AvgIpc) is 3.03. The highest BCUT2D eigenvalue weighted by Gasteiger charge is 2.44. The molecule has 3 atom stereocenters. The third-order valence-electron chi connectivity index (χ3n) is 7.51. The Morgan fingerprint density at radius 2 is 0.809 bits per heavy atom. The molecule has 0 fully saturated rings. The molecular formula is C30H51N6O10P. The maximum absolute atomic E-state index is 14.1. The lowest BCUT2D eigenvalue weighted by Gasteiger charge is -2.36. The van der Waals surface area contributed by atoms with Gasteiger partial charge in [-0.25, -0.2) is 4.57 Å². The summed E-state index contributed by atoms with van der Waals surface area (Å²) in [6.45, 7) is 7.32. The lowest BCUT2D eigenvalue weighted by Crippen LogP contribution is -2.47. The number of rotatable bonds is 21. The van der Waals surface area contributed by atoms with Crippen LogP contribution in [-0.2, 0) is 32.5 Å². The number of nitrogens with zero attached hydrogens (tertiary/aromatic N) is 6. The van der Waals surface area contributed by atoms with Crippen molar-refractivity contribution >= 4 is 25.5 Å². The standard InChI is InChI=1S/C30H51N6O10P/c1-28(2,22(37)25(40)34(7)16-10-13-31)19-44-47(43,45-20-29(3,4)23(38)26(41)35(8)17-11-14-32)46-21-30(5,6)24(39)27(42)36(9)18-12-15-33/h22-24,37-39H,10-12,16-21H2,1-9H3. The number of carbonyl (C=O) groups excluding carboxylic acids is 3. The number of aliphatic hydroxyl groups excluding tert-OH is 3. The van der Waals surface area contributed by atoms with Gasteiger partial charge in [0, 0.05) is 57.0 Å².